The lowest BCUT2D eigenvalue weighted by Gasteiger charge is -2.28. The third kappa shape index (κ3) is 3.70. The van der Waals surface area contributed by atoms with Gasteiger partial charge in [0.1, 0.15) is 0 Å². The van der Waals surface area contributed by atoms with Crippen molar-refractivity contribution in [3.8, 4) is 0 Å². The number of hydrogen-bond acceptors (Lipinski definition) is 7. The van der Waals surface area contributed by atoms with Gasteiger partial charge in [-0.1, -0.05) is 6.07 Å². The summed E-state index contributed by atoms with van der Waals surface area (Å²) in [6, 6.07) is 2.97. The number of hydrogen-bond donors (Lipinski definition) is 1. The quantitative estimate of drug-likeness (QED) is 0.734. The summed E-state index contributed by atoms with van der Waals surface area (Å²) in [6.07, 6.45) is 5.63. The summed E-state index contributed by atoms with van der Waals surface area (Å²) < 4.78 is 0. The summed E-state index contributed by atoms with van der Waals surface area (Å²) in [5, 5.41) is 11.5. The predicted octanol–water partition coefficient (Wildman–Crippen LogP) is 2.83. The summed E-state index contributed by atoms with van der Waals surface area (Å²) in [5.74, 6) is -1.30. The van der Waals surface area contributed by atoms with E-state index >= 15 is 0 Å². The van der Waals surface area contributed by atoms with Crippen molar-refractivity contribution in [2.45, 2.75) is 32.7 Å². The third-order valence-corrected chi connectivity index (χ3v) is 6.59. The molecule has 4 heterocycles. The lowest BCUT2D eigenvalue weighted by Crippen LogP contribution is -2.38. The Hall–Kier alpha value is -2.58. The Morgan fingerprint density at radius 1 is 1.28 bits per heavy atom. The van der Waals surface area contributed by atoms with Crippen LogP contribution in [0.5, 0.6) is 0 Å². The minimum Gasteiger partial charge on any atom is -0.503 e. The van der Waals surface area contributed by atoms with Gasteiger partial charge in [-0.05, 0) is 51.4 Å². The number of aliphatic hydroxyl groups excluding tert-OH is 1. The first kappa shape index (κ1) is 19.7. The minimum absolute atomic E-state index is 0.121. The molecule has 7 nitrogen and oxygen atoms in total. The molecular formula is C21H24N4O3S. The van der Waals surface area contributed by atoms with E-state index in [2.05, 4.69) is 14.9 Å². The number of Topliss-reactive ketones (excluding diaryl/α,β-unsaturated/α-hetero) is 1. The van der Waals surface area contributed by atoms with Crippen molar-refractivity contribution >= 4 is 23.0 Å². The fraction of sp³-hybridized carbons (Fsp3) is 0.429. The van der Waals surface area contributed by atoms with Crippen molar-refractivity contribution in [3.05, 3.63) is 57.0 Å². The fourth-order valence-electron chi connectivity index (χ4n) is 4.12. The summed E-state index contributed by atoms with van der Waals surface area (Å²) >= 11 is 1.29. The van der Waals surface area contributed by atoms with E-state index in [1.54, 1.807) is 30.3 Å². The molecule has 1 fully saturated rings. The van der Waals surface area contributed by atoms with Gasteiger partial charge in [-0.15, -0.1) is 11.3 Å². The summed E-state index contributed by atoms with van der Waals surface area (Å²) in [5.41, 5.74) is 1.45. The molecule has 8 heteroatoms. The smallest absolute Gasteiger partial charge is 0.290 e. The zero-order valence-electron chi connectivity index (χ0n) is 16.6. The Bertz CT molecular complexity index is 964. The number of aryl methyl sites for hydroxylation is 2. The molecule has 1 amide bonds. The summed E-state index contributed by atoms with van der Waals surface area (Å²) in [6.45, 7) is 6.81. The number of thiazole rings is 1. The van der Waals surface area contributed by atoms with Crippen molar-refractivity contribution in [3.63, 3.8) is 0 Å². The van der Waals surface area contributed by atoms with E-state index in [-0.39, 0.29) is 11.4 Å². The lowest BCUT2D eigenvalue weighted by atomic mass is 9.96. The Labute approximate surface area is 173 Å². The van der Waals surface area contributed by atoms with E-state index in [1.165, 1.54) is 11.3 Å². The van der Waals surface area contributed by atoms with Crippen LogP contribution in [-0.4, -0.2) is 62.7 Å². The zero-order chi connectivity index (χ0) is 20.5. The topological polar surface area (TPSA) is 86.6 Å². The maximum atomic E-state index is 13.4. The van der Waals surface area contributed by atoms with Gasteiger partial charge in [-0.25, -0.2) is 4.98 Å². The molecule has 1 saturated heterocycles. The monoisotopic (exact) mass is 412 g/mol. The number of amides is 1. The van der Waals surface area contributed by atoms with Gasteiger partial charge in [0.15, 0.2) is 5.76 Å². The maximum absolute atomic E-state index is 13.4. The molecule has 2 aromatic heterocycles. The van der Waals surface area contributed by atoms with Gasteiger partial charge in [-0.2, -0.15) is 0 Å². The Kier molecular flexibility index (Phi) is 5.47. The molecule has 1 atom stereocenters. The highest BCUT2D eigenvalue weighted by molar-refractivity contribution is 7.14. The average Bonchev–Trinajstić information content (AvgIpc) is 3.41. The molecule has 2 aliphatic heterocycles. The second-order valence-electron chi connectivity index (χ2n) is 7.48. The summed E-state index contributed by atoms with van der Waals surface area (Å²) in [4.78, 5) is 39.2. The first-order valence-corrected chi connectivity index (χ1v) is 10.6. The van der Waals surface area contributed by atoms with Gasteiger partial charge in [0, 0.05) is 25.5 Å². The first-order valence-electron chi connectivity index (χ1n) is 9.82. The molecule has 0 saturated carbocycles. The molecular weight excluding hydrogens is 388 g/mol. The van der Waals surface area contributed by atoms with Crippen LogP contribution < -0.4 is 0 Å². The van der Waals surface area contributed by atoms with E-state index in [9.17, 15) is 14.7 Å². The standard InChI is InChI=1S/C21H24N4O3S/c1-13-20(29-14(2)23-13)18(26)16-17(15-6-5-7-22-12-15)25(21(28)19(16)27)11-10-24-8-3-4-9-24/h5-7,12,17,27H,3-4,8-11H2,1-2H3. The Morgan fingerprint density at radius 3 is 2.66 bits per heavy atom. The second-order valence-corrected chi connectivity index (χ2v) is 8.68. The molecule has 1 unspecified atom stereocenters. The van der Waals surface area contributed by atoms with Crippen LogP contribution in [0.3, 0.4) is 0 Å². The van der Waals surface area contributed by atoms with Crippen molar-refractivity contribution < 1.29 is 14.7 Å². The fourth-order valence-corrected chi connectivity index (χ4v) is 4.99. The van der Waals surface area contributed by atoms with Crippen LogP contribution in [0.1, 0.15) is 44.8 Å². The normalized spacial score (nSPS) is 20.1. The predicted molar refractivity (Wildman–Crippen MR) is 110 cm³/mol. The minimum atomic E-state index is -0.645. The van der Waals surface area contributed by atoms with Gasteiger partial charge in [0.05, 0.1) is 27.2 Å². The number of carbonyl (C=O) groups is 2. The Morgan fingerprint density at radius 2 is 2.03 bits per heavy atom. The van der Waals surface area contributed by atoms with Gasteiger partial charge >= 0.3 is 0 Å². The molecule has 4 rings (SSSR count). The third-order valence-electron chi connectivity index (χ3n) is 5.51. The molecule has 1 N–H and O–H groups in total. The van der Waals surface area contributed by atoms with Crippen LogP contribution in [0.15, 0.2) is 35.9 Å². The maximum Gasteiger partial charge on any atom is 0.290 e. The van der Waals surface area contributed by atoms with Crippen LogP contribution in [0, 0.1) is 13.8 Å². The van der Waals surface area contributed by atoms with Crippen LogP contribution >= 0.6 is 11.3 Å². The van der Waals surface area contributed by atoms with Crippen molar-refractivity contribution in [1.82, 2.24) is 19.8 Å². The van der Waals surface area contributed by atoms with Gasteiger partial charge in [0.2, 0.25) is 5.78 Å². The number of pyridine rings is 1. The number of likely N-dealkylation sites (tertiary alicyclic amines) is 1. The van der Waals surface area contributed by atoms with Crippen LogP contribution in [0.4, 0.5) is 0 Å². The first-order chi connectivity index (χ1) is 14.0. The molecule has 0 spiro atoms. The van der Waals surface area contributed by atoms with Crippen molar-refractivity contribution in [2.24, 2.45) is 0 Å². The van der Waals surface area contributed by atoms with Gasteiger partial charge < -0.3 is 14.9 Å². The van der Waals surface area contributed by atoms with E-state index in [0.717, 1.165) is 37.5 Å². The number of nitrogens with zero attached hydrogens (tertiary/aromatic N) is 4. The lowest BCUT2D eigenvalue weighted by molar-refractivity contribution is -0.129. The van der Waals surface area contributed by atoms with Gasteiger partial charge in [0.25, 0.3) is 5.91 Å². The molecule has 152 valence electrons. The second kappa shape index (κ2) is 8.04. The van der Waals surface area contributed by atoms with Crippen LogP contribution in [0.25, 0.3) is 0 Å². The Balaban J connectivity index is 1.70. The highest BCUT2D eigenvalue weighted by Crippen LogP contribution is 2.39. The highest BCUT2D eigenvalue weighted by Gasteiger charge is 2.44. The van der Waals surface area contributed by atoms with Crippen molar-refractivity contribution in [1.29, 1.82) is 0 Å². The number of rotatable bonds is 6. The number of aliphatic hydroxyl groups is 1. The van der Waals surface area contributed by atoms with Crippen LogP contribution in [-0.2, 0) is 4.79 Å². The molecule has 0 radical (unpaired) electrons. The highest BCUT2D eigenvalue weighted by atomic mass is 32.1. The van der Waals surface area contributed by atoms with E-state index in [1.807, 2.05) is 13.0 Å². The van der Waals surface area contributed by atoms with E-state index in [0.29, 0.717) is 22.7 Å². The molecule has 29 heavy (non-hydrogen) atoms. The zero-order valence-corrected chi connectivity index (χ0v) is 17.4. The molecule has 0 bridgehead atoms. The van der Waals surface area contributed by atoms with Crippen LogP contribution in [0.2, 0.25) is 0 Å². The average molecular weight is 413 g/mol. The SMILES string of the molecule is Cc1nc(C)c(C(=O)C2=C(O)C(=O)N(CCN3CCCC3)C2c2cccnc2)s1. The van der Waals surface area contributed by atoms with E-state index in [4.69, 9.17) is 0 Å². The molecule has 0 aromatic carbocycles. The molecule has 2 aliphatic rings. The largest absolute Gasteiger partial charge is 0.503 e. The number of ketones is 1. The summed E-state index contributed by atoms with van der Waals surface area (Å²) in [7, 11) is 0. The number of aromatic nitrogens is 2. The molecule has 2 aromatic rings. The van der Waals surface area contributed by atoms with Crippen molar-refractivity contribution in [2.75, 3.05) is 26.2 Å². The molecule has 0 aliphatic carbocycles. The van der Waals surface area contributed by atoms with Gasteiger partial charge in [-0.3, -0.25) is 14.6 Å². The van der Waals surface area contributed by atoms with E-state index < -0.39 is 17.7 Å². The number of carbonyl (C=O) groups excluding carboxylic acids is 2.